The first kappa shape index (κ1) is 15.1. The monoisotopic (exact) mass is 318 g/mol. The van der Waals surface area contributed by atoms with E-state index in [1.54, 1.807) is 18.2 Å². The average molecular weight is 318 g/mol. The summed E-state index contributed by atoms with van der Waals surface area (Å²) in [5.41, 5.74) is -1.62. The molecule has 1 aromatic heterocycles. The first-order valence-corrected chi connectivity index (χ1v) is 6.83. The molecular formula is C16H12F2N2O3. The number of H-pyrrole nitrogens is 1. The van der Waals surface area contributed by atoms with Gasteiger partial charge in [0, 0.05) is 0 Å². The number of aromatic nitrogens is 2. The molecule has 0 aliphatic carbocycles. The van der Waals surface area contributed by atoms with E-state index in [-0.39, 0.29) is 5.39 Å². The largest absolute Gasteiger partial charge is 0.386 e. The Morgan fingerprint density at radius 3 is 2.39 bits per heavy atom. The highest BCUT2D eigenvalue weighted by molar-refractivity contribution is 5.76. The number of hydrogen-bond acceptors (Lipinski definition) is 3. The van der Waals surface area contributed by atoms with Gasteiger partial charge in [-0.15, -0.1) is 0 Å². The molecule has 23 heavy (non-hydrogen) atoms. The molecule has 0 spiro atoms. The molecule has 1 atom stereocenters. The smallest absolute Gasteiger partial charge is 0.328 e. The van der Waals surface area contributed by atoms with Crippen molar-refractivity contribution in [2.75, 3.05) is 0 Å². The molecule has 0 radical (unpaired) electrons. The predicted octanol–water partition coefficient (Wildman–Crippen LogP) is 1.70. The summed E-state index contributed by atoms with van der Waals surface area (Å²) in [6.07, 6.45) is -1.67. The second-order valence-electron chi connectivity index (χ2n) is 5.04. The van der Waals surface area contributed by atoms with Gasteiger partial charge in [0.2, 0.25) is 0 Å². The number of benzene rings is 2. The molecule has 2 aromatic carbocycles. The van der Waals surface area contributed by atoms with Gasteiger partial charge >= 0.3 is 5.69 Å². The molecule has 1 heterocycles. The van der Waals surface area contributed by atoms with Crippen molar-refractivity contribution in [3.8, 4) is 0 Å². The molecule has 3 aromatic rings. The summed E-state index contributed by atoms with van der Waals surface area (Å²) in [6.45, 7) is -0.559. The molecule has 3 rings (SSSR count). The highest BCUT2D eigenvalue weighted by Crippen LogP contribution is 2.21. The maximum absolute atomic E-state index is 13.7. The lowest BCUT2D eigenvalue weighted by atomic mass is 10.1. The lowest BCUT2D eigenvalue weighted by Gasteiger charge is -2.14. The minimum absolute atomic E-state index is 0.244. The van der Waals surface area contributed by atoms with Gasteiger partial charge in [0.05, 0.1) is 23.0 Å². The predicted molar refractivity (Wildman–Crippen MR) is 80.1 cm³/mol. The topological polar surface area (TPSA) is 75.1 Å². The third kappa shape index (κ3) is 2.66. The molecule has 0 aliphatic heterocycles. The van der Waals surface area contributed by atoms with Crippen LogP contribution in [0.1, 0.15) is 11.7 Å². The molecule has 0 amide bonds. The Morgan fingerprint density at radius 2 is 1.70 bits per heavy atom. The number of aliphatic hydroxyl groups is 1. The molecule has 7 heteroatoms. The highest BCUT2D eigenvalue weighted by atomic mass is 19.1. The Bertz CT molecular complexity index is 974. The van der Waals surface area contributed by atoms with Gasteiger partial charge in [0.25, 0.3) is 5.56 Å². The van der Waals surface area contributed by atoms with Gasteiger partial charge in [-0.2, -0.15) is 0 Å². The van der Waals surface area contributed by atoms with Gasteiger partial charge in [0.15, 0.2) is 0 Å². The fourth-order valence-corrected chi connectivity index (χ4v) is 2.46. The Kier molecular flexibility index (Phi) is 3.79. The standard InChI is InChI=1S/C16H12F2N2O3/c17-10-5-3-6-11(18)14(10)13(21)8-20-15(22)9-4-1-2-7-12(9)19-16(20)23/h1-7,13,21H,8H2,(H,19,23). The van der Waals surface area contributed by atoms with Crippen molar-refractivity contribution in [2.24, 2.45) is 0 Å². The first-order chi connectivity index (χ1) is 11.0. The average Bonchev–Trinajstić information content (AvgIpc) is 2.51. The van der Waals surface area contributed by atoms with Crippen LogP contribution in [0, 0.1) is 11.6 Å². The van der Waals surface area contributed by atoms with Gasteiger partial charge in [0.1, 0.15) is 17.7 Å². The molecular weight excluding hydrogens is 306 g/mol. The molecule has 0 saturated heterocycles. The molecule has 1 unspecified atom stereocenters. The highest BCUT2D eigenvalue weighted by Gasteiger charge is 2.20. The normalized spacial score (nSPS) is 12.5. The van der Waals surface area contributed by atoms with Crippen molar-refractivity contribution in [3.05, 3.63) is 80.5 Å². The van der Waals surface area contributed by atoms with Crippen LogP contribution in [0.25, 0.3) is 10.9 Å². The lowest BCUT2D eigenvalue weighted by Crippen LogP contribution is -2.36. The number of aliphatic hydroxyl groups excluding tert-OH is 1. The molecule has 5 nitrogen and oxygen atoms in total. The van der Waals surface area contributed by atoms with Crippen molar-refractivity contribution in [3.63, 3.8) is 0 Å². The van der Waals surface area contributed by atoms with Gasteiger partial charge in [-0.25, -0.2) is 13.6 Å². The summed E-state index contributed by atoms with van der Waals surface area (Å²) in [5.74, 6) is -1.88. The number of nitrogens with one attached hydrogen (secondary N) is 1. The molecule has 0 saturated carbocycles. The van der Waals surface area contributed by atoms with E-state index in [9.17, 15) is 23.5 Å². The number of hydrogen-bond donors (Lipinski definition) is 2. The number of para-hydroxylation sites is 1. The summed E-state index contributed by atoms with van der Waals surface area (Å²) >= 11 is 0. The number of rotatable bonds is 3. The molecule has 0 aliphatic rings. The van der Waals surface area contributed by atoms with Crippen molar-refractivity contribution in [2.45, 2.75) is 12.6 Å². The van der Waals surface area contributed by atoms with Gasteiger partial charge in [-0.3, -0.25) is 9.36 Å². The third-order valence-corrected chi connectivity index (χ3v) is 3.58. The van der Waals surface area contributed by atoms with Gasteiger partial charge < -0.3 is 10.1 Å². The Balaban J connectivity index is 2.08. The van der Waals surface area contributed by atoms with Crippen LogP contribution in [0.3, 0.4) is 0 Å². The maximum Gasteiger partial charge on any atom is 0.328 e. The zero-order valence-electron chi connectivity index (χ0n) is 11.8. The number of nitrogens with zero attached hydrogens (tertiary/aromatic N) is 1. The van der Waals surface area contributed by atoms with Crippen LogP contribution < -0.4 is 11.2 Å². The van der Waals surface area contributed by atoms with E-state index >= 15 is 0 Å². The van der Waals surface area contributed by atoms with E-state index in [4.69, 9.17) is 0 Å². The van der Waals surface area contributed by atoms with Crippen LogP contribution >= 0.6 is 0 Å². The fourth-order valence-electron chi connectivity index (χ4n) is 2.46. The van der Waals surface area contributed by atoms with Crippen LogP contribution in [0.15, 0.2) is 52.1 Å². The van der Waals surface area contributed by atoms with Crippen molar-refractivity contribution in [1.29, 1.82) is 0 Å². The van der Waals surface area contributed by atoms with Crippen molar-refractivity contribution in [1.82, 2.24) is 9.55 Å². The van der Waals surface area contributed by atoms with Crippen LogP contribution in [0.5, 0.6) is 0 Å². The second-order valence-corrected chi connectivity index (χ2v) is 5.04. The number of halogens is 2. The van der Waals surface area contributed by atoms with E-state index in [1.807, 2.05) is 0 Å². The summed E-state index contributed by atoms with van der Waals surface area (Å²) in [7, 11) is 0. The molecule has 0 bridgehead atoms. The summed E-state index contributed by atoms with van der Waals surface area (Å²) in [5, 5.41) is 10.3. The van der Waals surface area contributed by atoms with Crippen LogP contribution in [-0.4, -0.2) is 14.7 Å². The Labute approximate surface area is 128 Å². The Hall–Kier alpha value is -2.80. The first-order valence-electron chi connectivity index (χ1n) is 6.83. The maximum atomic E-state index is 13.7. The quantitative estimate of drug-likeness (QED) is 0.772. The van der Waals surface area contributed by atoms with E-state index in [0.29, 0.717) is 5.52 Å². The van der Waals surface area contributed by atoms with Crippen LogP contribution in [0.4, 0.5) is 8.78 Å². The molecule has 2 N–H and O–H groups in total. The second kappa shape index (κ2) is 5.77. The SMILES string of the molecule is O=c1[nH]c2ccccc2c(=O)n1CC(O)c1c(F)cccc1F. The minimum Gasteiger partial charge on any atom is -0.386 e. The van der Waals surface area contributed by atoms with Gasteiger partial charge in [-0.05, 0) is 24.3 Å². The van der Waals surface area contributed by atoms with Crippen molar-refractivity contribution >= 4 is 10.9 Å². The Morgan fingerprint density at radius 1 is 1.04 bits per heavy atom. The van der Waals surface area contributed by atoms with E-state index < -0.39 is 41.1 Å². The molecule has 0 fully saturated rings. The van der Waals surface area contributed by atoms with Crippen LogP contribution in [0.2, 0.25) is 0 Å². The van der Waals surface area contributed by atoms with Crippen molar-refractivity contribution < 1.29 is 13.9 Å². The lowest BCUT2D eigenvalue weighted by molar-refractivity contribution is 0.144. The fraction of sp³-hybridized carbons (Fsp3) is 0.125. The van der Waals surface area contributed by atoms with E-state index in [2.05, 4.69) is 4.98 Å². The molecule has 118 valence electrons. The summed E-state index contributed by atoms with van der Waals surface area (Å²) < 4.78 is 28.1. The summed E-state index contributed by atoms with van der Waals surface area (Å²) in [6, 6.07) is 9.51. The zero-order valence-corrected chi connectivity index (χ0v) is 11.8. The van der Waals surface area contributed by atoms with Crippen LogP contribution in [-0.2, 0) is 6.54 Å². The summed E-state index contributed by atoms with van der Waals surface area (Å²) in [4.78, 5) is 26.8. The minimum atomic E-state index is -1.67. The van der Waals surface area contributed by atoms with E-state index in [1.165, 1.54) is 6.07 Å². The van der Waals surface area contributed by atoms with Gasteiger partial charge in [-0.1, -0.05) is 18.2 Å². The van der Waals surface area contributed by atoms with E-state index in [0.717, 1.165) is 22.8 Å². The zero-order chi connectivity index (χ0) is 16.6. The number of aromatic amines is 1. The third-order valence-electron chi connectivity index (χ3n) is 3.58. The number of fused-ring (bicyclic) bond motifs is 1.